The van der Waals surface area contributed by atoms with E-state index in [4.69, 9.17) is 10.8 Å². The van der Waals surface area contributed by atoms with Crippen LogP contribution in [0.25, 0.3) is 0 Å². The molecule has 4 N–H and O–H groups in total. The summed E-state index contributed by atoms with van der Waals surface area (Å²) in [5.74, 6) is -0.297. The van der Waals surface area contributed by atoms with Crippen molar-refractivity contribution in [2.45, 2.75) is 25.9 Å². The van der Waals surface area contributed by atoms with Crippen molar-refractivity contribution in [2.24, 2.45) is 5.73 Å². The van der Waals surface area contributed by atoms with Crippen molar-refractivity contribution in [2.75, 3.05) is 0 Å². The van der Waals surface area contributed by atoms with E-state index >= 15 is 0 Å². The second kappa shape index (κ2) is 4.27. The van der Waals surface area contributed by atoms with Gasteiger partial charge in [0.2, 0.25) is 5.91 Å². The first-order valence-electron chi connectivity index (χ1n) is 4.60. The van der Waals surface area contributed by atoms with Gasteiger partial charge in [0.05, 0.1) is 17.4 Å². The number of hydrogen-bond donors (Lipinski definition) is 3. The van der Waals surface area contributed by atoms with Crippen LogP contribution in [0.5, 0.6) is 5.75 Å². The molecule has 0 aliphatic rings. The average Bonchev–Trinajstić information content (AvgIpc) is 2.17. The minimum Gasteiger partial charge on any atom is -0.506 e. The fourth-order valence-electron chi connectivity index (χ4n) is 0.920. The standard InChI is InChI=1S/C10H15N3O2/c1-10(2,9(11)15)13-5-7-3-4-8(14)6-12-7/h3-4,6,13-14H,5H2,1-2H3,(H2,11,15). The van der Waals surface area contributed by atoms with E-state index in [2.05, 4.69) is 10.3 Å². The summed E-state index contributed by atoms with van der Waals surface area (Å²) in [6, 6.07) is 3.22. The van der Waals surface area contributed by atoms with Gasteiger partial charge >= 0.3 is 0 Å². The SMILES string of the molecule is CC(C)(NCc1ccc(O)cn1)C(N)=O. The minimum atomic E-state index is -0.764. The lowest BCUT2D eigenvalue weighted by Gasteiger charge is -2.21. The zero-order valence-electron chi connectivity index (χ0n) is 8.82. The first-order valence-corrected chi connectivity index (χ1v) is 4.60. The van der Waals surface area contributed by atoms with Gasteiger partial charge in [-0.3, -0.25) is 15.1 Å². The first-order chi connectivity index (χ1) is 6.92. The maximum atomic E-state index is 11.0. The van der Waals surface area contributed by atoms with E-state index < -0.39 is 11.4 Å². The van der Waals surface area contributed by atoms with Crippen LogP contribution in [0.3, 0.4) is 0 Å². The van der Waals surface area contributed by atoms with E-state index in [9.17, 15) is 4.79 Å². The molecule has 0 atom stereocenters. The molecule has 5 nitrogen and oxygen atoms in total. The summed E-state index contributed by atoms with van der Waals surface area (Å²) in [6.45, 7) is 3.84. The molecule has 1 amide bonds. The van der Waals surface area contributed by atoms with Crippen molar-refractivity contribution in [3.05, 3.63) is 24.0 Å². The van der Waals surface area contributed by atoms with Crippen LogP contribution in [0.15, 0.2) is 18.3 Å². The number of pyridine rings is 1. The van der Waals surface area contributed by atoms with Gasteiger partial charge in [-0.15, -0.1) is 0 Å². The summed E-state index contributed by atoms with van der Waals surface area (Å²) in [7, 11) is 0. The number of carbonyl (C=O) groups excluding carboxylic acids is 1. The minimum absolute atomic E-state index is 0.118. The van der Waals surface area contributed by atoms with Gasteiger partial charge in [-0.2, -0.15) is 0 Å². The molecule has 5 heteroatoms. The molecular formula is C10H15N3O2. The molecule has 1 aromatic rings. The highest BCUT2D eigenvalue weighted by molar-refractivity contribution is 5.83. The van der Waals surface area contributed by atoms with E-state index in [1.165, 1.54) is 6.20 Å². The molecule has 0 spiro atoms. The Morgan fingerprint density at radius 3 is 2.73 bits per heavy atom. The van der Waals surface area contributed by atoms with Gasteiger partial charge in [0.1, 0.15) is 5.75 Å². The number of primary amides is 1. The number of hydrogen-bond acceptors (Lipinski definition) is 4. The molecule has 0 aromatic carbocycles. The highest BCUT2D eigenvalue weighted by atomic mass is 16.3. The number of aromatic hydroxyl groups is 1. The predicted octanol–water partition coefficient (Wildman–Crippen LogP) is 0.141. The first kappa shape index (κ1) is 11.5. The molecule has 0 aliphatic heterocycles. The molecule has 1 rings (SSSR count). The molecular weight excluding hydrogens is 194 g/mol. The van der Waals surface area contributed by atoms with E-state index in [-0.39, 0.29) is 5.75 Å². The Kier molecular flexibility index (Phi) is 3.26. The Hall–Kier alpha value is -1.62. The fraction of sp³-hybridized carbons (Fsp3) is 0.400. The van der Waals surface area contributed by atoms with Crippen molar-refractivity contribution < 1.29 is 9.90 Å². The highest BCUT2D eigenvalue weighted by Crippen LogP contribution is 2.07. The van der Waals surface area contributed by atoms with Crippen LogP contribution in [0.1, 0.15) is 19.5 Å². The van der Waals surface area contributed by atoms with Gasteiger partial charge in [-0.05, 0) is 26.0 Å². The van der Waals surface area contributed by atoms with E-state index in [0.717, 1.165) is 5.69 Å². The molecule has 0 radical (unpaired) electrons. The van der Waals surface area contributed by atoms with Crippen LogP contribution < -0.4 is 11.1 Å². The molecule has 1 heterocycles. The molecule has 0 fully saturated rings. The van der Waals surface area contributed by atoms with Crippen LogP contribution in [-0.2, 0) is 11.3 Å². The van der Waals surface area contributed by atoms with Crippen molar-refractivity contribution >= 4 is 5.91 Å². The normalized spacial score (nSPS) is 11.3. The molecule has 0 unspecified atom stereocenters. The fourth-order valence-corrected chi connectivity index (χ4v) is 0.920. The van der Waals surface area contributed by atoms with Crippen LogP contribution in [0, 0.1) is 0 Å². The molecule has 15 heavy (non-hydrogen) atoms. The van der Waals surface area contributed by atoms with Gasteiger partial charge < -0.3 is 10.8 Å². The molecule has 1 aromatic heterocycles. The lowest BCUT2D eigenvalue weighted by atomic mass is 10.1. The third-order valence-electron chi connectivity index (χ3n) is 2.14. The van der Waals surface area contributed by atoms with E-state index in [1.54, 1.807) is 26.0 Å². The smallest absolute Gasteiger partial charge is 0.237 e. The topological polar surface area (TPSA) is 88.2 Å². The second-order valence-corrected chi connectivity index (χ2v) is 3.85. The Labute approximate surface area is 88.3 Å². The third-order valence-corrected chi connectivity index (χ3v) is 2.14. The summed E-state index contributed by atoms with van der Waals surface area (Å²) < 4.78 is 0. The molecule has 0 saturated heterocycles. The van der Waals surface area contributed by atoms with Crippen LogP contribution in [0.2, 0.25) is 0 Å². The maximum Gasteiger partial charge on any atom is 0.237 e. The lowest BCUT2D eigenvalue weighted by Crippen LogP contribution is -2.50. The number of nitrogens with two attached hydrogens (primary N) is 1. The molecule has 0 bridgehead atoms. The summed E-state index contributed by atoms with van der Waals surface area (Å²) in [5.41, 5.74) is 5.17. The molecule has 0 aliphatic carbocycles. The van der Waals surface area contributed by atoms with Gasteiger partial charge in [0.15, 0.2) is 0 Å². The maximum absolute atomic E-state index is 11.0. The monoisotopic (exact) mass is 209 g/mol. The van der Waals surface area contributed by atoms with Gasteiger partial charge in [0, 0.05) is 6.54 Å². The largest absolute Gasteiger partial charge is 0.506 e. The predicted molar refractivity (Wildman–Crippen MR) is 56.0 cm³/mol. The van der Waals surface area contributed by atoms with Gasteiger partial charge in [-0.25, -0.2) is 0 Å². The van der Waals surface area contributed by atoms with Crippen molar-refractivity contribution in [3.63, 3.8) is 0 Å². The van der Waals surface area contributed by atoms with Crippen LogP contribution in [0.4, 0.5) is 0 Å². The second-order valence-electron chi connectivity index (χ2n) is 3.85. The Balaban J connectivity index is 2.57. The number of rotatable bonds is 4. The number of amides is 1. The van der Waals surface area contributed by atoms with Crippen molar-refractivity contribution in [1.82, 2.24) is 10.3 Å². The highest BCUT2D eigenvalue weighted by Gasteiger charge is 2.23. The van der Waals surface area contributed by atoms with E-state index in [1.807, 2.05) is 0 Å². The zero-order valence-corrected chi connectivity index (χ0v) is 8.82. The zero-order chi connectivity index (χ0) is 11.5. The van der Waals surface area contributed by atoms with Gasteiger partial charge in [0.25, 0.3) is 0 Å². The molecule has 0 saturated carbocycles. The number of nitrogens with one attached hydrogen (secondary N) is 1. The summed E-state index contributed by atoms with van der Waals surface area (Å²) >= 11 is 0. The lowest BCUT2D eigenvalue weighted by molar-refractivity contribution is -0.123. The average molecular weight is 209 g/mol. The Morgan fingerprint density at radius 2 is 2.27 bits per heavy atom. The van der Waals surface area contributed by atoms with Gasteiger partial charge in [-0.1, -0.05) is 0 Å². The Bertz CT molecular complexity index is 346. The molecule has 82 valence electrons. The summed E-state index contributed by atoms with van der Waals surface area (Å²) in [5, 5.41) is 12.0. The third kappa shape index (κ3) is 3.21. The number of nitrogens with zero attached hydrogens (tertiary/aromatic N) is 1. The van der Waals surface area contributed by atoms with Crippen molar-refractivity contribution in [3.8, 4) is 5.75 Å². The van der Waals surface area contributed by atoms with Crippen LogP contribution in [-0.4, -0.2) is 21.5 Å². The van der Waals surface area contributed by atoms with Crippen molar-refractivity contribution in [1.29, 1.82) is 0 Å². The number of aromatic nitrogens is 1. The Morgan fingerprint density at radius 1 is 1.60 bits per heavy atom. The van der Waals surface area contributed by atoms with Crippen LogP contribution >= 0.6 is 0 Å². The summed E-state index contributed by atoms with van der Waals surface area (Å²) in [4.78, 5) is 15.0. The summed E-state index contributed by atoms with van der Waals surface area (Å²) in [6.07, 6.45) is 1.36. The number of carbonyl (C=O) groups is 1. The van der Waals surface area contributed by atoms with E-state index in [0.29, 0.717) is 6.54 Å². The quantitative estimate of drug-likeness (QED) is 0.658.